The van der Waals surface area contributed by atoms with E-state index in [1.165, 1.54) is 0 Å². The Balaban J connectivity index is 2.19. The van der Waals surface area contributed by atoms with Crippen LogP contribution in [0.2, 0.25) is 0 Å². The lowest BCUT2D eigenvalue weighted by molar-refractivity contribution is 0.613. The van der Waals surface area contributed by atoms with Crippen molar-refractivity contribution >= 4 is 33.1 Å². The summed E-state index contributed by atoms with van der Waals surface area (Å²) in [6.45, 7) is 4.16. The van der Waals surface area contributed by atoms with Gasteiger partial charge in [0.2, 0.25) is 0 Å². The Morgan fingerprint density at radius 1 is 1.19 bits per heavy atom. The van der Waals surface area contributed by atoms with Crippen LogP contribution in [-0.4, -0.2) is 19.5 Å². The second-order valence-electron chi connectivity index (χ2n) is 5.47. The maximum absolute atomic E-state index is 12.6. The molecule has 4 rings (SSSR count). The van der Waals surface area contributed by atoms with E-state index in [0.29, 0.717) is 16.4 Å². The molecule has 5 nitrogen and oxygen atoms in total. The lowest BCUT2D eigenvalue weighted by atomic mass is 10.1. The van der Waals surface area contributed by atoms with E-state index in [-0.39, 0.29) is 11.5 Å². The van der Waals surface area contributed by atoms with E-state index in [1.54, 1.807) is 6.33 Å². The van der Waals surface area contributed by atoms with Crippen LogP contribution in [0.3, 0.4) is 0 Å². The van der Waals surface area contributed by atoms with Crippen LogP contribution in [0.4, 0.5) is 0 Å². The summed E-state index contributed by atoms with van der Waals surface area (Å²) in [6.07, 6.45) is 1.77. The van der Waals surface area contributed by atoms with E-state index in [4.69, 9.17) is 0 Å². The standard InChI is InChI=1S/C16H14N4O/c1-9(2)20-8-17-13-7-11-14(21)10-5-3-4-6-12(10)18-15(11)19-16(13)20/h3-9H,1-2H3,(H,18,19,21). The smallest absolute Gasteiger partial charge is 0.198 e. The Morgan fingerprint density at radius 3 is 2.81 bits per heavy atom. The number of benzene rings is 1. The van der Waals surface area contributed by atoms with Gasteiger partial charge in [-0.15, -0.1) is 0 Å². The highest BCUT2D eigenvalue weighted by Crippen LogP contribution is 2.20. The SMILES string of the molecule is CC(C)n1cnc2cc3c(=O)c4ccccc4[nH]c3nc21. The highest BCUT2D eigenvalue weighted by atomic mass is 16.1. The molecule has 0 atom stereocenters. The molecule has 0 spiro atoms. The number of para-hydroxylation sites is 1. The summed E-state index contributed by atoms with van der Waals surface area (Å²) in [4.78, 5) is 24.8. The molecule has 0 bridgehead atoms. The first-order chi connectivity index (χ1) is 10.1. The summed E-state index contributed by atoms with van der Waals surface area (Å²) in [5.41, 5.74) is 2.94. The van der Waals surface area contributed by atoms with E-state index >= 15 is 0 Å². The second-order valence-corrected chi connectivity index (χ2v) is 5.47. The zero-order valence-corrected chi connectivity index (χ0v) is 11.8. The summed E-state index contributed by atoms with van der Waals surface area (Å²) in [7, 11) is 0. The first-order valence-corrected chi connectivity index (χ1v) is 6.93. The fourth-order valence-electron chi connectivity index (χ4n) is 2.67. The number of hydrogen-bond acceptors (Lipinski definition) is 3. The van der Waals surface area contributed by atoms with Crippen molar-refractivity contribution in [3.05, 3.63) is 46.9 Å². The molecule has 0 aliphatic heterocycles. The van der Waals surface area contributed by atoms with E-state index in [1.807, 2.05) is 34.9 Å². The molecular weight excluding hydrogens is 264 g/mol. The molecule has 21 heavy (non-hydrogen) atoms. The molecule has 0 saturated carbocycles. The van der Waals surface area contributed by atoms with E-state index in [9.17, 15) is 4.79 Å². The Morgan fingerprint density at radius 2 is 2.00 bits per heavy atom. The van der Waals surface area contributed by atoms with Gasteiger partial charge in [0.05, 0.1) is 17.2 Å². The largest absolute Gasteiger partial charge is 0.339 e. The fourth-order valence-corrected chi connectivity index (χ4v) is 2.67. The van der Waals surface area contributed by atoms with Crippen molar-refractivity contribution in [3.8, 4) is 0 Å². The van der Waals surface area contributed by atoms with Gasteiger partial charge in [-0.3, -0.25) is 4.79 Å². The van der Waals surface area contributed by atoms with Gasteiger partial charge < -0.3 is 9.55 Å². The lowest BCUT2D eigenvalue weighted by Gasteiger charge is -2.07. The van der Waals surface area contributed by atoms with E-state index in [2.05, 4.69) is 28.8 Å². The van der Waals surface area contributed by atoms with Crippen LogP contribution in [0.15, 0.2) is 41.5 Å². The van der Waals surface area contributed by atoms with Crippen LogP contribution < -0.4 is 5.43 Å². The fraction of sp³-hybridized carbons (Fsp3) is 0.188. The average Bonchev–Trinajstić information content (AvgIpc) is 2.89. The summed E-state index contributed by atoms with van der Waals surface area (Å²) in [6, 6.07) is 9.57. The van der Waals surface area contributed by atoms with Gasteiger partial charge in [0.25, 0.3) is 0 Å². The zero-order chi connectivity index (χ0) is 14.6. The van der Waals surface area contributed by atoms with Crippen LogP contribution in [0.1, 0.15) is 19.9 Å². The van der Waals surface area contributed by atoms with Crippen molar-refractivity contribution in [2.45, 2.75) is 19.9 Å². The van der Waals surface area contributed by atoms with Gasteiger partial charge in [-0.2, -0.15) is 0 Å². The molecule has 0 radical (unpaired) electrons. The second kappa shape index (κ2) is 4.15. The van der Waals surface area contributed by atoms with Crippen molar-refractivity contribution in [1.29, 1.82) is 0 Å². The zero-order valence-electron chi connectivity index (χ0n) is 11.8. The average molecular weight is 278 g/mol. The summed E-state index contributed by atoms with van der Waals surface area (Å²) in [5, 5.41) is 1.25. The molecule has 5 heteroatoms. The van der Waals surface area contributed by atoms with Crippen molar-refractivity contribution in [2.75, 3.05) is 0 Å². The van der Waals surface area contributed by atoms with Crippen LogP contribution in [-0.2, 0) is 0 Å². The molecule has 1 N–H and O–H groups in total. The van der Waals surface area contributed by atoms with Gasteiger partial charge in [0.1, 0.15) is 11.2 Å². The molecule has 3 heterocycles. The van der Waals surface area contributed by atoms with E-state index < -0.39 is 0 Å². The summed E-state index contributed by atoms with van der Waals surface area (Å²) < 4.78 is 2.00. The van der Waals surface area contributed by atoms with Crippen LogP contribution in [0.5, 0.6) is 0 Å². The molecule has 0 aliphatic carbocycles. The van der Waals surface area contributed by atoms with Gasteiger partial charge in [0, 0.05) is 11.4 Å². The normalized spacial score (nSPS) is 12.0. The molecule has 104 valence electrons. The number of H-pyrrole nitrogens is 1. The molecule has 4 aromatic rings. The Bertz CT molecular complexity index is 1040. The minimum Gasteiger partial charge on any atom is -0.339 e. The maximum atomic E-state index is 12.6. The van der Waals surface area contributed by atoms with Gasteiger partial charge in [-0.25, -0.2) is 9.97 Å². The van der Waals surface area contributed by atoms with E-state index in [0.717, 1.165) is 16.7 Å². The molecule has 0 amide bonds. The minimum atomic E-state index is -0.00662. The number of nitrogens with one attached hydrogen (secondary N) is 1. The van der Waals surface area contributed by atoms with Gasteiger partial charge >= 0.3 is 0 Å². The topological polar surface area (TPSA) is 63.6 Å². The quantitative estimate of drug-likeness (QED) is 0.544. The lowest BCUT2D eigenvalue weighted by Crippen LogP contribution is -2.06. The van der Waals surface area contributed by atoms with Gasteiger partial charge in [-0.05, 0) is 32.0 Å². The third-order valence-corrected chi connectivity index (χ3v) is 3.77. The highest BCUT2D eigenvalue weighted by Gasteiger charge is 2.12. The predicted molar refractivity (Wildman–Crippen MR) is 83.5 cm³/mol. The number of pyridine rings is 2. The summed E-state index contributed by atoms with van der Waals surface area (Å²) >= 11 is 0. The highest BCUT2D eigenvalue weighted by molar-refractivity contribution is 5.95. The Kier molecular flexibility index (Phi) is 2.39. The van der Waals surface area contributed by atoms with Crippen LogP contribution >= 0.6 is 0 Å². The number of imidazole rings is 1. The number of nitrogens with zero attached hydrogens (tertiary/aromatic N) is 3. The molecule has 1 aromatic carbocycles. The maximum Gasteiger partial charge on any atom is 0.198 e. The molecule has 3 aromatic heterocycles. The number of fused-ring (bicyclic) bond motifs is 3. The molecule has 0 fully saturated rings. The van der Waals surface area contributed by atoms with Crippen LogP contribution in [0.25, 0.3) is 33.1 Å². The Hall–Kier alpha value is -2.69. The predicted octanol–water partition coefficient (Wildman–Crippen LogP) is 3.01. The van der Waals surface area contributed by atoms with Crippen LogP contribution in [0, 0.1) is 0 Å². The molecule has 0 unspecified atom stereocenters. The Labute approximate surface area is 120 Å². The van der Waals surface area contributed by atoms with Gasteiger partial charge in [-0.1, -0.05) is 12.1 Å². The number of hydrogen-bond donors (Lipinski definition) is 1. The number of aromatic amines is 1. The van der Waals surface area contributed by atoms with Crippen molar-refractivity contribution in [2.24, 2.45) is 0 Å². The third kappa shape index (κ3) is 1.67. The monoisotopic (exact) mass is 278 g/mol. The number of aromatic nitrogens is 4. The first kappa shape index (κ1) is 12.1. The molecule has 0 saturated heterocycles. The van der Waals surface area contributed by atoms with Crippen molar-refractivity contribution in [1.82, 2.24) is 19.5 Å². The van der Waals surface area contributed by atoms with Crippen molar-refractivity contribution < 1.29 is 0 Å². The van der Waals surface area contributed by atoms with Gasteiger partial charge in [0.15, 0.2) is 11.1 Å². The third-order valence-electron chi connectivity index (χ3n) is 3.77. The first-order valence-electron chi connectivity index (χ1n) is 6.93. The minimum absolute atomic E-state index is 0.00662. The van der Waals surface area contributed by atoms with Crippen molar-refractivity contribution in [3.63, 3.8) is 0 Å². The molecular formula is C16H14N4O. The molecule has 0 aliphatic rings. The summed E-state index contributed by atoms with van der Waals surface area (Å²) in [5.74, 6) is 0. The number of rotatable bonds is 1.